The van der Waals surface area contributed by atoms with Crippen molar-refractivity contribution >= 4 is 47.7 Å². The van der Waals surface area contributed by atoms with Crippen LogP contribution in [0.1, 0.15) is 122 Å². The minimum absolute atomic E-state index is 0.0419. The van der Waals surface area contributed by atoms with E-state index in [-0.39, 0.29) is 67.7 Å². The maximum atomic E-state index is 13.6. The molecule has 77 heavy (non-hydrogen) atoms. The Labute approximate surface area is 448 Å². The number of rotatable bonds is 29. The number of amides is 1. The Morgan fingerprint density at radius 2 is 1.26 bits per heavy atom. The van der Waals surface area contributed by atoms with Gasteiger partial charge in [-0.05, 0) is 81.5 Å². The van der Waals surface area contributed by atoms with Gasteiger partial charge in [0.05, 0.1) is 35.6 Å². The lowest BCUT2D eigenvalue weighted by Crippen LogP contribution is -2.58. The summed E-state index contributed by atoms with van der Waals surface area (Å²) < 4.78 is 50.2. The third kappa shape index (κ3) is 18.3. The van der Waals surface area contributed by atoms with Crippen molar-refractivity contribution in [2.45, 2.75) is 134 Å². The fourth-order valence-corrected chi connectivity index (χ4v) is 8.65. The standard InChI is InChI=1S/C57H71N5O15/c1-6-43-49(75-47(65)30-29-38(2)63)51(52(73-43)62-33-31-45(60-57(62)69)59-37-61(4)5)70-34-20-8-7-19-32-58-46(64)28-18-21-35-71-56-39(3)48(76-54(67)41-24-14-10-15-25-41)50(77-55(68)42-26-16-11-17-27-42)44(74-56)36-72-53(66)40-22-12-9-13-23-40/h9-17,22-27,31,33,37,39,43-44,48-52,56H,6-8,18-21,28-30,32,34-36H2,1-5H3,(H,58,64)/b59-37-/t39-,43-,44-,48-,49?,50+,51+,52-,56-/m1/s1. The fourth-order valence-electron chi connectivity index (χ4n) is 8.65. The number of hydrogen-bond acceptors (Lipinski definition) is 17. The summed E-state index contributed by atoms with van der Waals surface area (Å²) >= 11 is 0. The van der Waals surface area contributed by atoms with Crippen LogP contribution in [0.3, 0.4) is 0 Å². The Hall–Kier alpha value is -7.13. The van der Waals surface area contributed by atoms with E-state index in [0.29, 0.717) is 37.8 Å². The Morgan fingerprint density at radius 1 is 0.675 bits per heavy atom. The first-order valence-electron chi connectivity index (χ1n) is 26.3. The van der Waals surface area contributed by atoms with Crippen molar-refractivity contribution in [3.05, 3.63) is 130 Å². The molecule has 2 saturated heterocycles. The lowest BCUT2D eigenvalue weighted by atomic mass is 9.91. The molecule has 4 aromatic rings. The van der Waals surface area contributed by atoms with Crippen LogP contribution in [-0.2, 0) is 52.3 Å². The summed E-state index contributed by atoms with van der Waals surface area (Å²) in [4.78, 5) is 101. The van der Waals surface area contributed by atoms with Gasteiger partial charge in [-0.3, -0.25) is 14.2 Å². The van der Waals surface area contributed by atoms with Crippen LogP contribution >= 0.6 is 0 Å². The number of nitrogens with one attached hydrogen (secondary N) is 1. The average molecular weight is 1070 g/mol. The van der Waals surface area contributed by atoms with E-state index in [4.69, 9.17) is 37.9 Å². The lowest BCUT2D eigenvalue weighted by molar-refractivity contribution is -0.281. The molecule has 0 spiro atoms. The molecule has 1 amide bonds. The molecule has 0 bridgehead atoms. The molecule has 0 aliphatic carbocycles. The number of carbonyl (C=O) groups is 6. The highest BCUT2D eigenvalue weighted by Crippen LogP contribution is 2.36. The second kappa shape index (κ2) is 30.6. The van der Waals surface area contributed by atoms with Crippen molar-refractivity contribution in [2.75, 3.05) is 40.5 Å². The number of aromatic nitrogens is 2. The predicted molar refractivity (Wildman–Crippen MR) is 281 cm³/mol. The van der Waals surface area contributed by atoms with E-state index in [1.54, 1.807) is 123 Å². The lowest BCUT2D eigenvalue weighted by Gasteiger charge is -2.44. The molecule has 1 unspecified atom stereocenters. The summed E-state index contributed by atoms with van der Waals surface area (Å²) in [7, 11) is 3.59. The van der Waals surface area contributed by atoms with Gasteiger partial charge in [-0.25, -0.2) is 24.2 Å². The van der Waals surface area contributed by atoms with E-state index in [2.05, 4.69) is 15.3 Å². The van der Waals surface area contributed by atoms with Crippen LogP contribution in [0.15, 0.2) is 113 Å². The van der Waals surface area contributed by atoms with Crippen molar-refractivity contribution in [1.82, 2.24) is 19.8 Å². The van der Waals surface area contributed by atoms with E-state index < -0.39 is 84.6 Å². The molecule has 2 aliphatic heterocycles. The van der Waals surface area contributed by atoms with Crippen molar-refractivity contribution in [3.63, 3.8) is 0 Å². The van der Waals surface area contributed by atoms with Gasteiger partial charge in [-0.2, -0.15) is 4.98 Å². The van der Waals surface area contributed by atoms with Crippen LogP contribution in [0, 0.1) is 5.92 Å². The zero-order valence-corrected chi connectivity index (χ0v) is 44.4. The molecular formula is C57H71N5O15. The highest BCUT2D eigenvalue weighted by atomic mass is 16.7. The van der Waals surface area contributed by atoms with Crippen molar-refractivity contribution < 1.29 is 66.7 Å². The number of esters is 4. The monoisotopic (exact) mass is 1070 g/mol. The Bertz CT molecular complexity index is 2620. The number of carbonyl (C=O) groups excluding carboxylic acids is 6. The van der Waals surface area contributed by atoms with E-state index in [1.165, 1.54) is 24.0 Å². The predicted octanol–water partition coefficient (Wildman–Crippen LogP) is 6.97. The molecule has 0 saturated carbocycles. The normalized spacial score (nSPS) is 22.0. The van der Waals surface area contributed by atoms with Gasteiger partial charge >= 0.3 is 29.6 Å². The third-order valence-electron chi connectivity index (χ3n) is 12.8. The number of ether oxygens (including phenoxy) is 8. The number of ketones is 1. The molecule has 1 aromatic heterocycles. The van der Waals surface area contributed by atoms with Gasteiger partial charge in [-0.1, -0.05) is 81.3 Å². The third-order valence-corrected chi connectivity index (χ3v) is 12.8. The molecule has 6 rings (SSSR count). The summed E-state index contributed by atoms with van der Waals surface area (Å²) in [5.41, 5.74) is 0.243. The molecule has 414 valence electrons. The fraction of sp³-hybridized carbons (Fsp3) is 0.491. The molecule has 3 heterocycles. The number of nitrogens with zero attached hydrogens (tertiary/aromatic N) is 4. The quantitative estimate of drug-likeness (QED) is 0.0190. The Morgan fingerprint density at radius 3 is 1.87 bits per heavy atom. The topological polar surface area (TPSA) is 239 Å². The van der Waals surface area contributed by atoms with Gasteiger partial charge in [0, 0.05) is 58.8 Å². The van der Waals surface area contributed by atoms with Crippen LogP contribution in [-0.4, -0.2) is 140 Å². The average Bonchev–Trinajstić information content (AvgIpc) is 3.79. The molecule has 0 radical (unpaired) electrons. The largest absolute Gasteiger partial charge is 0.459 e. The molecule has 2 aliphatic rings. The van der Waals surface area contributed by atoms with E-state index in [9.17, 15) is 33.6 Å². The van der Waals surface area contributed by atoms with Crippen molar-refractivity contribution in [3.8, 4) is 0 Å². The summed E-state index contributed by atoms with van der Waals surface area (Å²) in [6.07, 6.45) is 0.0891. The molecule has 2 fully saturated rings. The number of aliphatic imine (C=N–C) groups is 1. The van der Waals surface area contributed by atoms with Crippen LogP contribution in [0.25, 0.3) is 0 Å². The first-order chi connectivity index (χ1) is 37.2. The van der Waals surface area contributed by atoms with Gasteiger partial charge in [0.15, 0.2) is 30.5 Å². The molecule has 1 N–H and O–H groups in total. The maximum absolute atomic E-state index is 13.6. The van der Waals surface area contributed by atoms with Crippen molar-refractivity contribution in [2.24, 2.45) is 10.9 Å². The summed E-state index contributed by atoms with van der Waals surface area (Å²) in [6, 6.07) is 26.7. The Balaban J connectivity index is 0.970. The second-order valence-corrected chi connectivity index (χ2v) is 19.1. The first-order valence-corrected chi connectivity index (χ1v) is 26.3. The van der Waals surface area contributed by atoms with E-state index in [0.717, 1.165) is 19.3 Å². The molecule has 20 heteroatoms. The molecule has 20 nitrogen and oxygen atoms in total. The van der Waals surface area contributed by atoms with Gasteiger partial charge in [0.25, 0.3) is 0 Å². The molecule has 9 atom stereocenters. The van der Waals surface area contributed by atoms with Crippen LogP contribution in [0.4, 0.5) is 5.82 Å². The Kier molecular flexibility index (Phi) is 23.5. The van der Waals surface area contributed by atoms with Crippen LogP contribution in [0.2, 0.25) is 0 Å². The molecular weight excluding hydrogens is 995 g/mol. The number of unbranched alkanes of at least 4 members (excludes halogenated alkanes) is 4. The van der Waals surface area contributed by atoms with Crippen molar-refractivity contribution in [1.29, 1.82) is 0 Å². The highest BCUT2D eigenvalue weighted by molar-refractivity contribution is 5.91. The number of benzene rings is 3. The zero-order valence-electron chi connectivity index (χ0n) is 44.4. The molecule has 3 aromatic carbocycles. The summed E-state index contributed by atoms with van der Waals surface area (Å²) in [5.74, 6) is -3.23. The van der Waals surface area contributed by atoms with E-state index >= 15 is 0 Å². The minimum Gasteiger partial charge on any atom is -0.459 e. The van der Waals surface area contributed by atoms with Crippen LogP contribution in [0.5, 0.6) is 0 Å². The van der Waals surface area contributed by atoms with Gasteiger partial charge in [-0.15, -0.1) is 0 Å². The second-order valence-electron chi connectivity index (χ2n) is 19.1. The SMILES string of the molecule is CC[C@H]1O[C@@H](n2ccc(/N=C\N(C)C)nc2=O)[C@@H](OCCCCCCNC(=O)CCCCO[C@@H]2O[C@H](COC(=O)c3ccccc3)[C@H](OC(=O)c3ccccc3)[C@H](OC(=O)c3ccccc3)[C@H]2C)C1OC(=O)CCC(C)=O. The highest BCUT2D eigenvalue weighted by Gasteiger charge is 2.50. The minimum atomic E-state index is -1.20. The van der Waals surface area contributed by atoms with Gasteiger partial charge in [0.2, 0.25) is 5.91 Å². The number of Topliss-reactive ketones (excluding diaryl/α,β-unsaturated/α-hetero) is 1. The smallest absolute Gasteiger partial charge is 0.351 e. The zero-order chi connectivity index (χ0) is 55.1. The van der Waals surface area contributed by atoms with Gasteiger partial charge in [0.1, 0.15) is 30.7 Å². The van der Waals surface area contributed by atoms with Crippen LogP contribution < -0.4 is 11.0 Å². The van der Waals surface area contributed by atoms with E-state index in [1.807, 2.05) is 6.92 Å². The first kappa shape index (κ1) is 59.1. The summed E-state index contributed by atoms with van der Waals surface area (Å²) in [5, 5.41) is 2.97. The summed E-state index contributed by atoms with van der Waals surface area (Å²) in [6.45, 7) is 5.61. The number of hydrogen-bond donors (Lipinski definition) is 1. The van der Waals surface area contributed by atoms with Gasteiger partial charge < -0.3 is 52.9 Å². The maximum Gasteiger partial charge on any atom is 0.351 e.